The SMILES string of the molecule is O=C=NCCOc1ccccc1F. The average Bonchev–Trinajstić information content (AvgIpc) is 2.15. The van der Waals surface area contributed by atoms with Crippen LogP contribution in [-0.2, 0) is 4.79 Å². The van der Waals surface area contributed by atoms with Gasteiger partial charge in [0.25, 0.3) is 0 Å². The predicted octanol–water partition coefficient (Wildman–Crippen LogP) is 1.54. The van der Waals surface area contributed by atoms with Crippen LogP contribution in [0.3, 0.4) is 0 Å². The Balaban J connectivity index is 2.45. The van der Waals surface area contributed by atoms with Gasteiger partial charge in [-0.05, 0) is 12.1 Å². The Morgan fingerprint density at radius 1 is 1.46 bits per heavy atom. The van der Waals surface area contributed by atoms with Crippen molar-refractivity contribution in [3.05, 3.63) is 30.1 Å². The molecule has 0 saturated heterocycles. The number of benzene rings is 1. The third kappa shape index (κ3) is 3.05. The van der Waals surface area contributed by atoms with E-state index >= 15 is 0 Å². The molecule has 0 N–H and O–H groups in total. The lowest BCUT2D eigenvalue weighted by Crippen LogP contribution is -2.01. The average molecular weight is 181 g/mol. The third-order valence-corrected chi connectivity index (χ3v) is 1.36. The van der Waals surface area contributed by atoms with E-state index in [0.29, 0.717) is 0 Å². The lowest BCUT2D eigenvalue weighted by Gasteiger charge is -2.03. The van der Waals surface area contributed by atoms with Crippen molar-refractivity contribution in [3.8, 4) is 5.75 Å². The minimum Gasteiger partial charge on any atom is -0.489 e. The van der Waals surface area contributed by atoms with E-state index in [1.54, 1.807) is 12.1 Å². The monoisotopic (exact) mass is 181 g/mol. The van der Waals surface area contributed by atoms with E-state index in [1.165, 1.54) is 18.2 Å². The number of carbonyl (C=O) groups excluding carboxylic acids is 1. The second kappa shape index (κ2) is 5.06. The second-order valence-corrected chi connectivity index (χ2v) is 2.25. The molecule has 0 amide bonds. The number of para-hydroxylation sites is 1. The van der Waals surface area contributed by atoms with Gasteiger partial charge >= 0.3 is 0 Å². The van der Waals surface area contributed by atoms with E-state index in [2.05, 4.69) is 4.99 Å². The molecule has 1 rings (SSSR count). The molecule has 0 radical (unpaired) electrons. The summed E-state index contributed by atoms with van der Waals surface area (Å²) < 4.78 is 17.9. The molecule has 0 aromatic heterocycles. The molecule has 1 aromatic rings. The van der Waals surface area contributed by atoms with Crippen LogP contribution in [0.1, 0.15) is 0 Å². The van der Waals surface area contributed by atoms with Gasteiger partial charge < -0.3 is 4.74 Å². The predicted molar refractivity (Wildman–Crippen MR) is 44.9 cm³/mol. The maximum absolute atomic E-state index is 12.9. The van der Waals surface area contributed by atoms with E-state index in [-0.39, 0.29) is 18.9 Å². The smallest absolute Gasteiger partial charge is 0.235 e. The number of hydrogen-bond donors (Lipinski definition) is 0. The van der Waals surface area contributed by atoms with Gasteiger partial charge in [0.05, 0.1) is 6.54 Å². The van der Waals surface area contributed by atoms with Crippen LogP contribution >= 0.6 is 0 Å². The van der Waals surface area contributed by atoms with E-state index in [4.69, 9.17) is 4.74 Å². The maximum Gasteiger partial charge on any atom is 0.235 e. The highest BCUT2D eigenvalue weighted by Crippen LogP contribution is 2.14. The first-order valence-corrected chi connectivity index (χ1v) is 3.75. The summed E-state index contributed by atoms with van der Waals surface area (Å²) >= 11 is 0. The van der Waals surface area contributed by atoms with Crippen LogP contribution in [0.15, 0.2) is 29.3 Å². The molecule has 1 aromatic carbocycles. The topological polar surface area (TPSA) is 38.7 Å². The highest BCUT2D eigenvalue weighted by Gasteiger charge is 1.99. The Bertz CT molecular complexity index is 321. The molecule has 0 spiro atoms. The van der Waals surface area contributed by atoms with Gasteiger partial charge in [-0.2, -0.15) is 0 Å². The van der Waals surface area contributed by atoms with Gasteiger partial charge in [0.1, 0.15) is 6.61 Å². The van der Waals surface area contributed by atoms with Gasteiger partial charge in [0.15, 0.2) is 11.6 Å². The Hall–Kier alpha value is -1.67. The first-order chi connectivity index (χ1) is 6.34. The standard InChI is InChI=1S/C9H8FNO2/c10-8-3-1-2-4-9(8)13-6-5-11-7-12/h1-4H,5-6H2. The van der Waals surface area contributed by atoms with Crippen LogP contribution in [-0.4, -0.2) is 19.2 Å². The first-order valence-electron chi connectivity index (χ1n) is 3.75. The van der Waals surface area contributed by atoms with E-state index in [0.717, 1.165) is 0 Å². The van der Waals surface area contributed by atoms with Crippen molar-refractivity contribution in [2.24, 2.45) is 4.99 Å². The lowest BCUT2D eigenvalue weighted by molar-refractivity contribution is 0.311. The van der Waals surface area contributed by atoms with Crippen molar-refractivity contribution in [3.63, 3.8) is 0 Å². The van der Waals surface area contributed by atoms with E-state index < -0.39 is 5.82 Å². The molecule has 0 unspecified atom stereocenters. The fraction of sp³-hybridized carbons (Fsp3) is 0.222. The number of halogens is 1. The number of ether oxygens (including phenoxy) is 1. The molecular formula is C9H8FNO2. The maximum atomic E-state index is 12.9. The second-order valence-electron chi connectivity index (χ2n) is 2.25. The lowest BCUT2D eigenvalue weighted by atomic mass is 10.3. The van der Waals surface area contributed by atoms with Crippen molar-refractivity contribution >= 4 is 6.08 Å². The summed E-state index contributed by atoms with van der Waals surface area (Å²) in [5.41, 5.74) is 0. The largest absolute Gasteiger partial charge is 0.489 e. The summed E-state index contributed by atoms with van der Waals surface area (Å²) in [7, 11) is 0. The Labute approximate surface area is 74.9 Å². The van der Waals surface area contributed by atoms with Crippen LogP contribution in [0.4, 0.5) is 4.39 Å². The highest BCUT2D eigenvalue weighted by molar-refractivity contribution is 5.32. The molecule has 3 nitrogen and oxygen atoms in total. The summed E-state index contributed by atoms with van der Waals surface area (Å²) in [6, 6.07) is 6.06. The zero-order valence-corrected chi connectivity index (χ0v) is 6.87. The number of aliphatic imine (C=N–C) groups is 1. The molecule has 0 heterocycles. The first kappa shape index (κ1) is 9.42. The van der Waals surface area contributed by atoms with Gasteiger partial charge in [-0.25, -0.2) is 14.2 Å². The molecule has 0 aliphatic carbocycles. The molecule has 0 aliphatic rings. The Morgan fingerprint density at radius 2 is 2.23 bits per heavy atom. The quantitative estimate of drug-likeness (QED) is 0.401. The summed E-state index contributed by atoms with van der Waals surface area (Å²) in [6.07, 6.45) is 1.37. The van der Waals surface area contributed by atoms with Gasteiger partial charge in [-0.1, -0.05) is 12.1 Å². The number of hydrogen-bond acceptors (Lipinski definition) is 3. The number of nitrogens with zero attached hydrogens (tertiary/aromatic N) is 1. The molecule has 0 atom stereocenters. The van der Waals surface area contributed by atoms with Crippen molar-refractivity contribution in [2.75, 3.05) is 13.2 Å². The van der Waals surface area contributed by atoms with Crippen LogP contribution in [0.5, 0.6) is 5.75 Å². The Morgan fingerprint density at radius 3 is 2.92 bits per heavy atom. The molecule has 0 saturated carbocycles. The molecule has 68 valence electrons. The normalized spacial score (nSPS) is 9.00. The third-order valence-electron chi connectivity index (χ3n) is 1.36. The summed E-state index contributed by atoms with van der Waals surface area (Å²) in [5.74, 6) is -0.249. The fourth-order valence-corrected chi connectivity index (χ4v) is 0.809. The minimum absolute atomic E-state index is 0.170. The van der Waals surface area contributed by atoms with Crippen molar-refractivity contribution < 1.29 is 13.9 Å². The van der Waals surface area contributed by atoms with E-state index in [9.17, 15) is 9.18 Å². The molecule has 0 aliphatic heterocycles. The molecule has 0 fully saturated rings. The highest BCUT2D eigenvalue weighted by atomic mass is 19.1. The van der Waals surface area contributed by atoms with Crippen molar-refractivity contribution in [2.45, 2.75) is 0 Å². The van der Waals surface area contributed by atoms with Crippen LogP contribution in [0.2, 0.25) is 0 Å². The van der Waals surface area contributed by atoms with Gasteiger partial charge in [0, 0.05) is 0 Å². The molecule has 13 heavy (non-hydrogen) atoms. The van der Waals surface area contributed by atoms with Crippen molar-refractivity contribution in [1.29, 1.82) is 0 Å². The zero-order chi connectivity index (χ0) is 9.52. The minimum atomic E-state index is -0.419. The van der Waals surface area contributed by atoms with Gasteiger partial charge in [-0.3, -0.25) is 0 Å². The Kier molecular flexibility index (Phi) is 3.67. The summed E-state index contributed by atoms with van der Waals surface area (Å²) in [6.45, 7) is 0.369. The summed E-state index contributed by atoms with van der Waals surface area (Å²) in [4.78, 5) is 12.9. The molecule has 4 heteroatoms. The zero-order valence-electron chi connectivity index (χ0n) is 6.87. The van der Waals surface area contributed by atoms with Crippen molar-refractivity contribution in [1.82, 2.24) is 0 Å². The van der Waals surface area contributed by atoms with Crippen LogP contribution in [0.25, 0.3) is 0 Å². The van der Waals surface area contributed by atoms with Gasteiger partial charge in [0.2, 0.25) is 6.08 Å². The van der Waals surface area contributed by atoms with E-state index in [1.807, 2.05) is 0 Å². The number of rotatable bonds is 4. The van der Waals surface area contributed by atoms with Crippen LogP contribution in [0, 0.1) is 5.82 Å². The summed E-state index contributed by atoms with van der Waals surface area (Å²) in [5, 5.41) is 0. The molecule has 0 bridgehead atoms. The number of isocyanates is 1. The van der Waals surface area contributed by atoms with Crippen LogP contribution < -0.4 is 4.74 Å². The molecular weight excluding hydrogens is 173 g/mol. The van der Waals surface area contributed by atoms with Gasteiger partial charge in [-0.15, -0.1) is 0 Å². The fourth-order valence-electron chi connectivity index (χ4n) is 0.809.